The summed E-state index contributed by atoms with van der Waals surface area (Å²) < 4.78 is 45.9. The average molecular weight is 697 g/mol. The van der Waals surface area contributed by atoms with E-state index >= 15 is 0 Å². The van der Waals surface area contributed by atoms with Crippen LogP contribution in [0.2, 0.25) is 0 Å². The molecule has 1 heterocycles. The van der Waals surface area contributed by atoms with Crippen molar-refractivity contribution in [3.8, 4) is 0 Å². The van der Waals surface area contributed by atoms with Gasteiger partial charge in [0.1, 0.15) is 37.6 Å². The Labute approximate surface area is 273 Å². The third-order valence-corrected chi connectivity index (χ3v) is 8.01. The fourth-order valence-corrected chi connectivity index (χ4v) is 4.73. The van der Waals surface area contributed by atoms with Crippen LogP contribution in [-0.4, -0.2) is 203 Å². The summed E-state index contributed by atoms with van der Waals surface area (Å²) in [5.74, 6) is -9.05. The molecule has 1 aliphatic heterocycles. The molecule has 19 heteroatoms. The third-order valence-electron chi connectivity index (χ3n) is 8.01. The molecule has 1 fully saturated rings. The molecule has 19 nitrogen and oxygen atoms in total. The second kappa shape index (κ2) is 21.5. The molecule has 1 aliphatic rings. The van der Waals surface area contributed by atoms with Crippen LogP contribution in [0.4, 0.5) is 0 Å². The standard InChI is InChI=1S/C28H56O19/c1-4-25(14-36,44-19(6-29)7-30)41-13-22-23(12-35)47-28(24(22)39,18-42-26(5-2,15-37)45-20(8-31)9-32)43-17-27(16-38,40-3)46-21(10-33)11-34/h19-24,29-39H,4-18H2,1-3H3/t22-,23+,24+,25+,26+,27-,28+/m0/s1. The number of hydrogen-bond donors (Lipinski definition) is 11. The number of rotatable bonds is 28. The lowest BCUT2D eigenvalue weighted by Gasteiger charge is -2.41. The lowest BCUT2D eigenvalue weighted by molar-refractivity contribution is -0.367. The summed E-state index contributed by atoms with van der Waals surface area (Å²) in [5.41, 5.74) is 0. The van der Waals surface area contributed by atoms with Gasteiger partial charge in [-0.05, 0) is 0 Å². The number of methoxy groups -OCH3 is 1. The molecule has 0 bridgehead atoms. The summed E-state index contributed by atoms with van der Waals surface area (Å²) in [5, 5.41) is 110. The van der Waals surface area contributed by atoms with Crippen LogP contribution in [0.25, 0.3) is 0 Å². The van der Waals surface area contributed by atoms with E-state index < -0.39 is 145 Å². The van der Waals surface area contributed by atoms with Crippen LogP contribution >= 0.6 is 0 Å². The first kappa shape index (κ1) is 44.3. The Balaban J connectivity index is 3.53. The zero-order valence-corrected chi connectivity index (χ0v) is 27.3. The first-order valence-corrected chi connectivity index (χ1v) is 15.4. The molecule has 0 aromatic heterocycles. The number of ether oxygens (including phenoxy) is 8. The maximum atomic E-state index is 11.7. The highest BCUT2D eigenvalue weighted by Crippen LogP contribution is 2.40. The van der Waals surface area contributed by atoms with Crippen LogP contribution < -0.4 is 0 Å². The molecule has 1 rings (SSSR count). The van der Waals surface area contributed by atoms with E-state index in [0.717, 1.165) is 7.11 Å². The molecule has 0 aromatic carbocycles. The first-order valence-electron chi connectivity index (χ1n) is 15.4. The van der Waals surface area contributed by atoms with Gasteiger partial charge in [0.05, 0.1) is 78.8 Å². The number of aliphatic hydroxyl groups excluding tert-OH is 11. The Morgan fingerprint density at radius 2 is 1.09 bits per heavy atom. The van der Waals surface area contributed by atoms with Crippen molar-refractivity contribution in [3.63, 3.8) is 0 Å². The van der Waals surface area contributed by atoms with E-state index in [1.54, 1.807) is 13.8 Å². The topological polar surface area (TPSA) is 296 Å². The quantitative estimate of drug-likeness (QED) is 0.0341. The molecule has 47 heavy (non-hydrogen) atoms. The second-order valence-electron chi connectivity index (χ2n) is 11.1. The van der Waals surface area contributed by atoms with Crippen molar-refractivity contribution in [2.24, 2.45) is 5.92 Å². The van der Waals surface area contributed by atoms with Gasteiger partial charge in [-0.2, -0.15) is 0 Å². The molecule has 7 atom stereocenters. The highest BCUT2D eigenvalue weighted by Gasteiger charge is 2.58. The molecule has 0 saturated carbocycles. The summed E-state index contributed by atoms with van der Waals surface area (Å²) in [6, 6.07) is 0. The Hall–Kier alpha value is -0.760. The van der Waals surface area contributed by atoms with E-state index in [9.17, 15) is 56.2 Å². The van der Waals surface area contributed by atoms with Crippen LogP contribution in [0.1, 0.15) is 26.7 Å². The van der Waals surface area contributed by atoms with Gasteiger partial charge in [0.2, 0.25) is 11.6 Å². The minimum Gasteiger partial charge on any atom is -0.394 e. The van der Waals surface area contributed by atoms with E-state index in [1.807, 2.05) is 0 Å². The van der Waals surface area contributed by atoms with Crippen molar-refractivity contribution in [2.75, 3.05) is 93.0 Å². The van der Waals surface area contributed by atoms with Gasteiger partial charge in [0.25, 0.3) is 0 Å². The minimum atomic E-state index is -2.27. The second-order valence-corrected chi connectivity index (χ2v) is 11.1. The molecular formula is C28H56O19. The van der Waals surface area contributed by atoms with Crippen molar-refractivity contribution in [2.45, 2.75) is 80.4 Å². The largest absolute Gasteiger partial charge is 0.394 e. The normalized spacial score (nSPS) is 25.9. The van der Waals surface area contributed by atoms with E-state index in [0.29, 0.717) is 0 Å². The van der Waals surface area contributed by atoms with Crippen molar-refractivity contribution < 1.29 is 94.1 Å². The SMILES string of the molecule is CC[C@@](CO)(OC[C@@H]1[C@@H](O)[C@](CO[C@@](CC)(CO)OC(CO)CO)(OC[C@@](CO)(OC)OC(CO)CO)O[C@@H]1CO)OC(CO)CO. The van der Waals surface area contributed by atoms with Crippen LogP contribution in [0.15, 0.2) is 0 Å². The maximum absolute atomic E-state index is 11.7. The number of aliphatic hydroxyl groups is 11. The zero-order chi connectivity index (χ0) is 35.7. The summed E-state index contributed by atoms with van der Waals surface area (Å²) in [6.45, 7) is -5.62. The van der Waals surface area contributed by atoms with Crippen LogP contribution in [0.5, 0.6) is 0 Å². The molecule has 0 aromatic rings. The maximum Gasteiger partial charge on any atom is 0.219 e. The van der Waals surface area contributed by atoms with Gasteiger partial charge in [-0.15, -0.1) is 0 Å². The van der Waals surface area contributed by atoms with Gasteiger partial charge in [0, 0.05) is 25.9 Å². The van der Waals surface area contributed by atoms with E-state index in [2.05, 4.69) is 0 Å². The molecule has 11 N–H and O–H groups in total. The summed E-state index contributed by atoms with van der Waals surface area (Å²) >= 11 is 0. The van der Waals surface area contributed by atoms with Crippen molar-refractivity contribution in [1.82, 2.24) is 0 Å². The first-order chi connectivity index (χ1) is 22.4. The van der Waals surface area contributed by atoms with Crippen LogP contribution in [0, 0.1) is 5.92 Å². The molecule has 0 radical (unpaired) electrons. The minimum absolute atomic E-state index is 0.0308. The van der Waals surface area contributed by atoms with Gasteiger partial charge in [-0.25, -0.2) is 0 Å². The molecule has 1 saturated heterocycles. The van der Waals surface area contributed by atoms with Gasteiger partial charge in [0.15, 0.2) is 11.6 Å². The summed E-state index contributed by atoms with van der Waals surface area (Å²) in [6.07, 6.45) is -6.49. The van der Waals surface area contributed by atoms with Gasteiger partial charge in [-0.1, -0.05) is 13.8 Å². The van der Waals surface area contributed by atoms with Gasteiger partial charge in [-0.3, -0.25) is 0 Å². The predicted molar refractivity (Wildman–Crippen MR) is 156 cm³/mol. The third kappa shape index (κ3) is 11.6. The monoisotopic (exact) mass is 696 g/mol. The van der Waals surface area contributed by atoms with E-state index in [1.165, 1.54) is 0 Å². The van der Waals surface area contributed by atoms with Crippen molar-refractivity contribution >= 4 is 0 Å². The zero-order valence-electron chi connectivity index (χ0n) is 27.3. The fraction of sp³-hybridized carbons (Fsp3) is 1.00. The Bertz CT molecular complexity index is 763. The molecule has 0 amide bonds. The predicted octanol–water partition coefficient (Wildman–Crippen LogP) is -5.26. The lowest BCUT2D eigenvalue weighted by atomic mass is 9.95. The Morgan fingerprint density at radius 3 is 1.45 bits per heavy atom. The summed E-state index contributed by atoms with van der Waals surface area (Å²) in [7, 11) is 1.14. The summed E-state index contributed by atoms with van der Waals surface area (Å²) in [4.78, 5) is 0. The molecule has 0 unspecified atom stereocenters. The molecule has 282 valence electrons. The molecular weight excluding hydrogens is 640 g/mol. The van der Waals surface area contributed by atoms with E-state index in [-0.39, 0.29) is 12.8 Å². The van der Waals surface area contributed by atoms with Crippen LogP contribution in [0.3, 0.4) is 0 Å². The highest BCUT2D eigenvalue weighted by atomic mass is 16.8. The van der Waals surface area contributed by atoms with Crippen molar-refractivity contribution in [3.05, 3.63) is 0 Å². The highest BCUT2D eigenvalue weighted by molar-refractivity contribution is 4.98. The Kier molecular flexibility index (Phi) is 20.2. The number of hydrogen-bond acceptors (Lipinski definition) is 19. The van der Waals surface area contributed by atoms with E-state index in [4.69, 9.17) is 37.9 Å². The molecule has 0 spiro atoms. The average Bonchev–Trinajstić information content (AvgIpc) is 3.39. The van der Waals surface area contributed by atoms with Crippen molar-refractivity contribution in [1.29, 1.82) is 0 Å². The molecule has 0 aliphatic carbocycles. The fourth-order valence-electron chi connectivity index (χ4n) is 4.73. The Morgan fingerprint density at radius 1 is 0.660 bits per heavy atom. The van der Waals surface area contributed by atoms with Gasteiger partial charge >= 0.3 is 0 Å². The van der Waals surface area contributed by atoms with Gasteiger partial charge < -0.3 is 94.1 Å². The lowest BCUT2D eigenvalue weighted by Crippen LogP contribution is -2.57. The van der Waals surface area contributed by atoms with Crippen LogP contribution in [-0.2, 0) is 37.9 Å². The smallest absolute Gasteiger partial charge is 0.219 e.